The molecule has 1 N–H and O–H groups in total. The van der Waals surface area contributed by atoms with Crippen LogP contribution in [0.15, 0.2) is 54.6 Å². The number of benzene rings is 2. The molecule has 0 bridgehead atoms. The molecule has 126 valence electrons. The number of fused-ring (bicyclic) bond motifs is 1. The van der Waals surface area contributed by atoms with E-state index >= 15 is 0 Å². The van der Waals surface area contributed by atoms with Gasteiger partial charge in [-0.2, -0.15) is 5.10 Å². The van der Waals surface area contributed by atoms with E-state index in [4.69, 9.17) is 0 Å². The fraction of sp³-hybridized carbons (Fsp3) is 0.200. The molecular weight excluding hydrogens is 317 g/mol. The van der Waals surface area contributed by atoms with Crippen LogP contribution in [-0.2, 0) is 11.3 Å². The van der Waals surface area contributed by atoms with Crippen LogP contribution in [0.25, 0.3) is 11.1 Å². The summed E-state index contributed by atoms with van der Waals surface area (Å²) in [6, 6.07) is 16.7. The smallest absolute Gasteiger partial charge is 0.227 e. The predicted molar refractivity (Wildman–Crippen MR) is 94.8 cm³/mol. The van der Waals surface area contributed by atoms with Crippen LogP contribution in [0, 0.1) is 5.82 Å². The van der Waals surface area contributed by atoms with Gasteiger partial charge in [0.05, 0.1) is 12.2 Å². The Hall–Kier alpha value is -2.95. The average molecular weight is 335 g/mol. The molecule has 1 amide bonds. The van der Waals surface area contributed by atoms with Crippen molar-refractivity contribution in [1.82, 2.24) is 9.78 Å². The second kappa shape index (κ2) is 6.16. The van der Waals surface area contributed by atoms with Gasteiger partial charge in [0, 0.05) is 24.0 Å². The van der Waals surface area contributed by atoms with Gasteiger partial charge in [-0.25, -0.2) is 9.07 Å². The third kappa shape index (κ3) is 2.93. The summed E-state index contributed by atoms with van der Waals surface area (Å²) < 4.78 is 16.4. The fourth-order valence-corrected chi connectivity index (χ4v) is 3.16. The molecule has 0 radical (unpaired) electrons. The van der Waals surface area contributed by atoms with E-state index < -0.39 is 0 Å². The average Bonchev–Trinajstić information content (AvgIpc) is 3.04. The summed E-state index contributed by atoms with van der Waals surface area (Å²) in [6.07, 6.45) is 0.433. The van der Waals surface area contributed by atoms with Crippen molar-refractivity contribution >= 4 is 11.7 Å². The van der Waals surface area contributed by atoms with Gasteiger partial charge in [-0.1, -0.05) is 49.4 Å². The van der Waals surface area contributed by atoms with Gasteiger partial charge in [0.15, 0.2) is 0 Å². The maximum atomic E-state index is 14.6. The lowest BCUT2D eigenvalue weighted by atomic mass is 9.95. The van der Waals surface area contributed by atoms with Gasteiger partial charge in [0.1, 0.15) is 11.6 Å². The number of carbonyl (C=O) groups is 1. The van der Waals surface area contributed by atoms with Crippen LogP contribution in [0.2, 0.25) is 0 Å². The number of carbonyl (C=O) groups excluding carboxylic acids is 1. The van der Waals surface area contributed by atoms with E-state index in [-0.39, 0.29) is 17.6 Å². The Kier molecular flexibility index (Phi) is 3.84. The molecule has 2 aromatic carbocycles. The fourth-order valence-electron chi connectivity index (χ4n) is 3.16. The molecule has 2 heterocycles. The molecular formula is C20H18FN3O. The zero-order valence-corrected chi connectivity index (χ0v) is 13.9. The van der Waals surface area contributed by atoms with E-state index in [1.807, 2.05) is 55.5 Å². The van der Waals surface area contributed by atoms with E-state index in [0.717, 1.165) is 16.8 Å². The number of aryl methyl sites for hydroxylation is 1. The summed E-state index contributed by atoms with van der Waals surface area (Å²) in [5.74, 6) is 0.409. The first-order chi connectivity index (χ1) is 12.1. The molecule has 1 aromatic heterocycles. The van der Waals surface area contributed by atoms with E-state index in [1.165, 1.54) is 0 Å². The van der Waals surface area contributed by atoms with Gasteiger partial charge in [-0.3, -0.25) is 4.79 Å². The Labute approximate surface area is 145 Å². The van der Waals surface area contributed by atoms with Gasteiger partial charge in [0.25, 0.3) is 0 Å². The molecule has 0 saturated heterocycles. The van der Waals surface area contributed by atoms with Crippen LogP contribution in [0.1, 0.15) is 30.5 Å². The number of nitrogens with zero attached hydrogens (tertiary/aromatic N) is 2. The van der Waals surface area contributed by atoms with Crippen LogP contribution in [0.3, 0.4) is 0 Å². The first-order valence-electron chi connectivity index (χ1n) is 8.34. The Bertz CT molecular complexity index is 933. The molecule has 4 nitrogen and oxygen atoms in total. The Balaban J connectivity index is 1.64. The van der Waals surface area contributed by atoms with Crippen molar-refractivity contribution in [2.75, 3.05) is 5.32 Å². The number of hydrogen-bond acceptors (Lipinski definition) is 2. The molecule has 1 aliphatic heterocycles. The molecule has 25 heavy (non-hydrogen) atoms. The molecule has 0 fully saturated rings. The molecule has 1 atom stereocenters. The maximum Gasteiger partial charge on any atom is 0.227 e. The lowest BCUT2D eigenvalue weighted by molar-refractivity contribution is -0.116. The minimum absolute atomic E-state index is 0.00450. The highest BCUT2D eigenvalue weighted by Crippen LogP contribution is 2.30. The zero-order chi connectivity index (χ0) is 17.4. The Morgan fingerprint density at radius 2 is 1.96 bits per heavy atom. The molecule has 0 aliphatic carbocycles. The van der Waals surface area contributed by atoms with Crippen LogP contribution >= 0.6 is 0 Å². The third-order valence-electron chi connectivity index (χ3n) is 4.64. The molecule has 0 spiro atoms. The first-order valence-corrected chi connectivity index (χ1v) is 8.34. The topological polar surface area (TPSA) is 46.9 Å². The van der Waals surface area contributed by atoms with Crippen molar-refractivity contribution < 1.29 is 9.18 Å². The van der Waals surface area contributed by atoms with Crippen LogP contribution in [-0.4, -0.2) is 15.7 Å². The van der Waals surface area contributed by atoms with E-state index in [0.29, 0.717) is 24.3 Å². The van der Waals surface area contributed by atoms with Gasteiger partial charge in [-0.15, -0.1) is 0 Å². The summed E-state index contributed by atoms with van der Waals surface area (Å²) in [5.41, 5.74) is 3.13. The van der Waals surface area contributed by atoms with E-state index in [1.54, 1.807) is 10.7 Å². The SMILES string of the molecule is CC(c1ccc(-c2ccccc2)c(F)c1)c1cc2n(n1)CCC(=O)N2. The predicted octanol–water partition coefficient (Wildman–Crippen LogP) is 4.18. The van der Waals surface area contributed by atoms with Crippen LogP contribution in [0.4, 0.5) is 10.2 Å². The van der Waals surface area contributed by atoms with E-state index in [2.05, 4.69) is 10.4 Å². The number of hydrogen-bond donors (Lipinski definition) is 1. The summed E-state index contributed by atoms with van der Waals surface area (Å²) in [5, 5.41) is 7.37. The van der Waals surface area contributed by atoms with Crippen molar-refractivity contribution in [3.8, 4) is 11.1 Å². The van der Waals surface area contributed by atoms with E-state index in [9.17, 15) is 9.18 Å². The Morgan fingerprint density at radius 3 is 2.72 bits per heavy atom. The summed E-state index contributed by atoms with van der Waals surface area (Å²) >= 11 is 0. The first kappa shape index (κ1) is 15.6. The number of nitrogens with one attached hydrogen (secondary N) is 1. The number of amides is 1. The second-order valence-corrected chi connectivity index (χ2v) is 6.30. The lowest BCUT2D eigenvalue weighted by Gasteiger charge is -2.13. The largest absolute Gasteiger partial charge is 0.311 e. The van der Waals surface area contributed by atoms with Crippen molar-refractivity contribution in [3.63, 3.8) is 0 Å². The minimum atomic E-state index is -0.243. The van der Waals surface area contributed by atoms with Crippen LogP contribution in [0.5, 0.6) is 0 Å². The van der Waals surface area contributed by atoms with Crippen molar-refractivity contribution in [2.45, 2.75) is 25.8 Å². The molecule has 1 aliphatic rings. The number of rotatable bonds is 3. The highest BCUT2D eigenvalue weighted by molar-refractivity contribution is 5.91. The van der Waals surface area contributed by atoms with Gasteiger partial charge < -0.3 is 5.32 Å². The highest BCUT2D eigenvalue weighted by Gasteiger charge is 2.21. The number of anilines is 1. The molecule has 0 saturated carbocycles. The molecule has 1 unspecified atom stereocenters. The zero-order valence-electron chi connectivity index (χ0n) is 13.9. The standard InChI is InChI=1S/C20H18FN3O/c1-13(18-12-19-22-20(25)9-10-24(19)23-18)15-7-8-16(17(21)11-15)14-5-3-2-4-6-14/h2-8,11-13H,9-10H2,1H3,(H,22,25). The summed E-state index contributed by atoms with van der Waals surface area (Å²) in [7, 11) is 0. The normalized spacial score (nSPS) is 14.7. The molecule has 5 heteroatoms. The van der Waals surface area contributed by atoms with Gasteiger partial charge >= 0.3 is 0 Å². The van der Waals surface area contributed by atoms with Crippen LogP contribution < -0.4 is 5.32 Å². The monoisotopic (exact) mass is 335 g/mol. The Morgan fingerprint density at radius 1 is 1.16 bits per heavy atom. The molecule has 3 aromatic rings. The number of halogens is 1. The van der Waals surface area contributed by atoms with Crippen molar-refractivity contribution in [2.24, 2.45) is 0 Å². The summed E-state index contributed by atoms with van der Waals surface area (Å²) in [4.78, 5) is 11.5. The summed E-state index contributed by atoms with van der Waals surface area (Å²) in [6.45, 7) is 2.57. The number of aromatic nitrogens is 2. The van der Waals surface area contributed by atoms with Gasteiger partial charge in [-0.05, 0) is 17.2 Å². The van der Waals surface area contributed by atoms with Crippen molar-refractivity contribution in [3.05, 3.63) is 71.7 Å². The quantitative estimate of drug-likeness (QED) is 0.780. The maximum absolute atomic E-state index is 14.6. The minimum Gasteiger partial charge on any atom is -0.311 e. The van der Waals surface area contributed by atoms with Gasteiger partial charge in [0.2, 0.25) is 5.91 Å². The lowest BCUT2D eigenvalue weighted by Crippen LogP contribution is -2.23. The third-order valence-corrected chi connectivity index (χ3v) is 4.64. The van der Waals surface area contributed by atoms with Crippen molar-refractivity contribution in [1.29, 1.82) is 0 Å². The molecule has 4 rings (SSSR count). The second-order valence-electron chi connectivity index (χ2n) is 6.30. The highest BCUT2D eigenvalue weighted by atomic mass is 19.1.